The summed E-state index contributed by atoms with van der Waals surface area (Å²) >= 11 is 6.41. The lowest BCUT2D eigenvalue weighted by Crippen LogP contribution is -2.30. The molecule has 1 fully saturated rings. The normalized spacial score (nSPS) is 16.1. The van der Waals surface area contributed by atoms with Crippen molar-refractivity contribution in [1.82, 2.24) is 4.90 Å². The monoisotopic (exact) mass is 367 g/mol. The molecule has 130 valence electrons. The molecule has 1 aromatic rings. The molecule has 0 bridgehead atoms. The molecule has 1 amide bonds. The van der Waals surface area contributed by atoms with Gasteiger partial charge in [-0.25, -0.2) is 0 Å². The summed E-state index contributed by atoms with van der Waals surface area (Å²) in [6, 6.07) is 5.55. The number of unbranched alkanes of at least 4 members (excludes halogenated alkanes) is 1. The van der Waals surface area contributed by atoms with Gasteiger partial charge in [0.05, 0.1) is 31.8 Å². The number of nitrogens with zero attached hydrogens (tertiary/aromatic N) is 1. The number of thiocarbonyl (C=S) groups is 1. The average Bonchev–Trinajstić information content (AvgIpc) is 2.84. The number of hydrogen-bond acceptors (Lipinski definition) is 6. The molecule has 2 rings (SSSR count). The van der Waals surface area contributed by atoms with Gasteiger partial charge in [-0.2, -0.15) is 0 Å². The number of amides is 1. The first-order chi connectivity index (χ1) is 11.6. The van der Waals surface area contributed by atoms with Crippen molar-refractivity contribution < 1.29 is 19.4 Å². The van der Waals surface area contributed by atoms with Gasteiger partial charge in [0.15, 0.2) is 11.5 Å². The van der Waals surface area contributed by atoms with Gasteiger partial charge in [-0.05, 0) is 30.2 Å². The zero-order chi connectivity index (χ0) is 17.5. The van der Waals surface area contributed by atoms with Gasteiger partial charge in [-0.1, -0.05) is 43.4 Å². The third-order valence-corrected chi connectivity index (χ3v) is 4.82. The van der Waals surface area contributed by atoms with Gasteiger partial charge < -0.3 is 14.6 Å². The van der Waals surface area contributed by atoms with Crippen molar-refractivity contribution >= 4 is 40.3 Å². The van der Waals surface area contributed by atoms with Crippen molar-refractivity contribution in [1.29, 1.82) is 0 Å². The van der Waals surface area contributed by atoms with E-state index in [0.717, 1.165) is 18.4 Å². The standard InChI is InChI=1S/C17H21NO4S2/c1-3-4-9-22-13-6-5-12(10-14(13)21-2)11-15-16(20)18(7-8-19)17(23)24-15/h5-6,10-11,19H,3-4,7-9H2,1-2H3/b15-11-. The van der Waals surface area contributed by atoms with E-state index in [2.05, 4.69) is 6.92 Å². The van der Waals surface area contributed by atoms with Crippen LogP contribution in [0, 0.1) is 0 Å². The number of carbonyl (C=O) groups is 1. The average molecular weight is 367 g/mol. The number of benzene rings is 1. The molecule has 0 radical (unpaired) electrons. The van der Waals surface area contributed by atoms with Crippen LogP contribution in [0.2, 0.25) is 0 Å². The topological polar surface area (TPSA) is 59.0 Å². The molecule has 0 aliphatic carbocycles. The fraction of sp³-hybridized carbons (Fsp3) is 0.412. The van der Waals surface area contributed by atoms with E-state index in [1.54, 1.807) is 13.2 Å². The van der Waals surface area contributed by atoms with E-state index in [1.165, 1.54) is 16.7 Å². The Morgan fingerprint density at radius 1 is 1.38 bits per heavy atom. The summed E-state index contributed by atoms with van der Waals surface area (Å²) in [5.41, 5.74) is 0.833. The molecule has 1 N–H and O–H groups in total. The van der Waals surface area contributed by atoms with E-state index in [1.807, 2.05) is 18.2 Å². The zero-order valence-corrected chi connectivity index (χ0v) is 15.4. The number of rotatable bonds is 8. The van der Waals surface area contributed by atoms with Gasteiger partial charge in [0.2, 0.25) is 0 Å². The third-order valence-electron chi connectivity index (χ3n) is 3.44. The van der Waals surface area contributed by atoms with Gasteiger partial charge >= 0.3 is 0 Å². The van der Waals surface area contributed by atoms with Crippen LogP contribution in [0.5, 0.6) is 11.5 Å². The van der Waals surface area contributed by atoms with E-state index in [9.17, 15) is 4.79 Å². The molecule has 1 heterocycles. The van der Waals surface area contributed by atoms with Crippen LogP contribution in [-0.4, -0.2) is 47.1 Å². The molecule has 1 aliphatic rings. The van der Waals surface area contributed by atoms with Crippen LogP contribution >= 0.6 is 24.0 Å². The maximum atomic E-state index is 12.3. The van der Waals surface area contributed by atoms with Crippen LogP contribution < -0.4 is 9.47 Å². The Morgan fingerprint density at radius 2 is 2.17 bits per heavy atom. The number of aliphatic hydroxyl groups excluding tert-OH is 1. The molecule has 0 unspecified atom stereocenters. The molecule has 0 aromatic heterocycles. The van der Waals surface area contributed by atoms with E-state index in [4.69, 9.17) is 26.8 Å². The van der Waals surface area contributed by atoms with E-state index in [-0.39, 0.29) is 19.1 Å². The van der Waals surface area contributed by atoms with Gasteiger partial charge in [-0.15, -0.1) is 0 Å². The minimum atomic E-state index is -0.179. The fourth-order valence-electron chi connectivity index (χ4n) is 2.16. The maximum Gasteiger partial charge on any atom is 0.266 e. The third kappa shape index (κ3) is 4.49. The Labute approximate surface area is 151 Å². The van der Waals surface area contributed by atoms with Gasteiger partial charge in [0.1, 0.15) is 4.32 Å². The highest BCUT2D eigenvalue weighted by Gasteiger charge is 2.31. The lowest BCUT2D eigenvalue weighted by Gasteiger charge is -2.12. The van der Waals surface area contributed by atoms with Gasteiger partial charge in [0.25, 0.3) is 5.91 Å². The summed E-state index contributed by atoms with van der Waals surface area (Å²) < 4.78 is 11.5. The van der Waals surface area contributed by atoms with Crippen LogP contribution in [0.15, 0.2) is 23.1 Å². The molecule has 0 saturated carbocycles. The number of carbonyl (C=O) groups excluding carboxylic acids is 1. The largest absolute Gasteiger partial charge is 0.493 e. The van der Waals surface area contributed by atoms with Crippen LogP contribution in [0.4, 0.5) is 0 Å². The second kappa shape index (κ2) is 9.05. The van der Waals surface area contributed by atoms with Crippen molar-refractivity contribution in [2.24, 2.45) is 0 Å². The van der Waals surface area contributed by atoms with E-state index < -0.39 is 0 Å². The lowest BCUT2D eigenvalue weighted by atomic mass is 10.2. The Balaban J connectivity index is 2.17. The smallest absolute Gasteiger partial charge is 0.266 e. The number of aliphatic hydroxyl groups is 1. The van der Waals surface area contributed by atoms with Crippen molar-refractivity contribution in [3.63, 3.8) is 0 Å². The SMILES string of the molecule is CCCCOc1ccc(/C=C2\SC(=S)N(CCO)C2=O)cc1OC. The van der Waals surface area contributed by atoms with Crippen LogP contribution in [0.25, 0.3) is 6.08 Å². The van der Waals surface area contributed by atoms with Crippen LogP contribution in [0.1, 0.15) is 25.3 Å². The molecule has 7 heteroatoms. The van der Waals surface area contributed by atoms with Gasteiger partial charge in [-0.3, -0.25) is 9.69 Å². The number of β-amino-alcohol motifs (C(OH)–C–C–N with tert-alkyl or cyclic N) is 1. The molecule has 1 saturated heterocycles. The molecular weight excluding hydrogens is 346 g/mol. The predicted octanol–water partition coefficient (Wildman–Crippen LogP) is 3.07. The summed E-state index contributed by atoms with van der Waals surface area (Å²) in [4.78, 5) is 14.2. The van der Waals surface area contributed by atoms with Crippen molar-refractivity contribution in [2.75, 3.05) is 26.9 Å². The fourth-order valence-corrected chi connectivity index (χ4v) is 3.47. The van der Waals surface area contributed by atoms with Crippen molar-refractivity contribution in [2.45, 2.75) is 19.8 Å². The molecule has 0 spiro atoms. The second-order valence-corrected chi connectivity index (χ2v) is 6.85. The number of hydrogen-bond donors (Lipinski definition) is 1. The second-order valence-electron chi connectivity index (χ2n) is 5.17. The highest BCUT2D eigenvalue weighted by molar-refractivity contribution is 8.26. The number of methoxy groups -OCH3 is 1. The molecule has 5 nitrogen and oxygen atoms in total. The first-order valence-corrected chi connectivity index (χ1v) is 9.00. The van der Waals surface area contributed by atoms with E-state index in [0.29, 0.717) is 27.3 Å². The maximum absolute atomic E-state index is 12.3. The van der Waals surface area contributed by atoms with Gasteiger partial charge in [0, 0.05) is 0 Å². The Kier molecular flexibility index (Phi) is 7.08. The summed E-state index contributed by atoms with van der Waals surface area (Å²) in [5.74, 6) is 1.14. The summed E-state index contributed by atoms with van der Waals surface area (Å²) in [6.45, 7) is 2.86. The predicted molar refractivity (Wildman–Crippen MR) is 100 cm³/mol. The molecule has 0 atom stereocenters. The van der Waals surface area contributed by atoms with Crippen molar-refractivity contribution in [3.8, 4) is 11.5 Å². The quantitative estimate of drug-likeness (QED) is 0.433. The molecule has 1 aromatic carbocycles. The summed E-state index contributed by atoms with van der Waals surface area (Å²) in [5, 5.41) is 9.01. The minimum absolute atomic E-state index is 0.114. The Hall–Kier alpha value is -1.57. The van der Waals surface area contributed by atoms with Crippen molar-refractivity contribution in [3.05, 3.63) is 28.7 Å². The Morgan fingerprint density at radius 3 is 2.83 bits per heavy atom. The number of thioether (sulfide) groups is 1. The van der Waals surface area contributed by atoms with E-state index >= 15 is 0 Å². The minimum Gasteiger partial charge on any atom is -0.493 e. The van der Waals surface area contributed by atoms with Crippen LogP contribution in [-0.2, 0) is 4.79 Å². The van der Waals surface area contributed by atoms with Crippen LogP contribution in [0.3, 0.4) is 0 Å². The first-order valence-electron chi connectivity index (χ1n) is 7.77. The Bertz CT molecular complexity index is 645. The highest BCUT2D eigenvalue weighted by Crippen LogP contribution is 2.34. The lowest BCUT2D eigenvalue weighted by molar-refractivity contribution is -0.122. The zero-order valence-electron chi connectivity index (χ0n) is 13.8. The molecular formula is C17H21NO4S2. The highest BCUT2D eigenvalue weighted by atomic mass is 32.2. The summed E-state index contributed by atoms with van der Waals surface area (Å²) in [7, 11) is 1.59. The first kappa shape index (κ1) is 18.8. The number of ether oxygens (including phenoxy) is 2. The summed E-state index contributed by atoms with van der Waals surface area (Å²) in [6.07, 6.45) is 3.82. The molecule has 1 aliphatic heterocycles. The molecule has 24 heavy (non-hydrogen) atoms.